The summed E-state index contributed by atoms with van der Waals surface area (Å²) in [5, 5.41) is 10.7. The Balaban J connectivity index is 1.85. The first-order chi connectivity index (χ1) is 9.53. The number of rotatable bonds is 3. The van der Waals surface area contributed by atoms with Crippen LogP contribution in [0.4, 0.5) is 0 Å². The van der Waals surface area contributed by atoms with Gasteiger partial charge in [0.25, 0.3) is 0 Å². The number of carbonyl (C=O) groups excluding carboxylic acids is 1. The van der Waals surface area contributed by atoms with Crippen molar-refractivity contribution in [2.45, 2.75) is 43.4 Å². The molecule has 2 fully saturated rings. The zero-order chi connectivity index (χ0) is 14.6. The number of amides is 1. The molecular formula is C13H21N3O3S. The predicted octanol–water partition coefficient (Wildman–Crippen LogP) is 0.0579. The van der Waals surface area contributed by atoms with Gasteiger partial charge in [0.1, 0.15) is 5.25 Å². The van der Waals surface area contributed by atoms with Crippen molar-refractivity contribution in [1.82, 2.24) is 10.2 Å². The van der Waals surface area contributed by atoms with Crippen LogP contribution in [0.15, 0.2) is 0 Å². The van der Waals surface area contributed by atoms with E-state index in [9.17, 15) is 13.2 Å². The molecule has 112 valence electrons. The molecule has 0 radical (unpaired) electrons. The monoisotopic (exact) mass is 299 g/mol. The van der Waals surface area contributed by atoms with Gasteiger partial charge in [-0.05, 0) is 25.7 Å². The van der Waals surface area contributed by atoms with Gasteiger partial charge < -0.3 is 5.32 Å². The van der Waals surface area contributed by atoms with Gasteiger partial charge in [-0.2, -0.15) is 5.26 Å². The second kappa shape index (κ2) is 6.55. The standard InChI is InChI=1S/C13H21N3O3S/c14-6-9-16-7-4-11(5-8-16)15-13(17)12-3-1-2-10-20(12,18)19/h11-12H,1-5,7-10H2,(H,15,17). The fourth-order valence-corrected chi connectivity index (χ4v) is 4.69. The minimum atomic E-state index is -3.26. The third kappa shape index (κ3) is 3.70. The van der Waals surface area contributed by atoms with E-state index < -0.39 is 15.1 Å². The molecule has 0 aromatic carbocycles. The summed E-state index contributed by atoms with van der Waals surface area (Å²) in [5.41, 5.74) is 0. The number of nitrogens with zero attached hydrogens (tertiary/aromatic N) is 2. The van der Waals surface area contributed by atoms with E-state index in [0.29, 0.717) is 19.4 Å². The van der Waals surface area contributed by atoms with Crippen molar-refractivity contribution in [1.29, 1.82) is 5.26 Å². The van der Waals surface area contributed by atoms with Crippen molar-refractivity contribution in [2.24, 2.45) is 0 Å². The van der Waals surface area contributed by atoms with Crippen LogP contribution >= 0.6 is 0 Å². The van der Waals surface area contributed by atoms with Crippen LogP contribution in [0.3, 0.4) is 0 Å². The maximum atomic E-state index is 12.1. The van der Waals surface area contributed by atoms with Crippen molar-refractivity contribution >= 4 is 15.7 Å². The summed E-state index contributed by atoms with van der Waals surface area (Å²) in [7, 11) is -3.26. The Morgan fingerprint density at radius 2 is 1.95 bits per heavy atom. The summed E-state index contributed by atoms with van der Waals surface area (Å²) in [6.45, 7) is 1.96. The third-order valence-electron chi connectivity index (χ3n) is 4.10. The Hall–Kier alpha value is -1.13. The molecule has 1 N–H and O–H groups in total. The van der Waals surface area contributed by atoms with Crippen LogP contribution in [0, 0.1) is 11.3 Å². The van der Waals surface area contributed by atoms with E-state index in [1.807, 2.05) is 4.90 Å². The quantitative estimate of drug-likeness (QED) is 0.744. The van der Waals surface area contributed by atoms with Crippen molar-refractivity contribution in [3.05, 3.63) is 0 Å². The smallest absolute Gasteiger partial charge is 0.238 e. The van der Waals surface area contributed by atoms with E-state index in [1.165, 1.54) is 0 Å². The van der Waals surface area contributed by atoms with Gasteiger partial charge in [-0.15, -0.1) is 0 Å². The molecule has 1 amide bonds. The molecule has 2 heterocycles. The highest BCUT2D eigenvalue weighted by molar-refractivity contribution is 7.92. The van der Waals surface area contributed by atoms with Crippen molar-refractivity contribution < 1.29 is 13.2 Å². The van der Waals surface area contributed by atoms with E-state index in [0.717, 1.165) is 32.4 Å². The summed E-state index contributed by atoms with van der Waals surface area (Å²) in [6.07, 6.45) is 3.47. The number of carbonyl (C=O) groups is 1. The molecule has 2 aliphatic rings. The lowest BCUT2D eigenvalue weighted by Crippen LogP contribution is -2.50. The summed E-state index contributed by atoms with van der Waals surface area (Å²) in [6, 6.07) is 2.15. The van der Waals surface area contributed by atoms with Gasteiger partial charge in [0.2, 0.25) is 5.91 Å². The molecule has 0 bridgehead atoms. The molecule has 0 aliphatic carbocycles. The van der Waals surface area contributed by atoms with E-state index >= 15 is 0 Å². The van der Waals surface area contributed by atoms with Crippen LogP contribution in [0.25, 0.3) is 0 Å². The van der Waals surface area contributed by atoms with Gasteiger partial charge in [0, 0.05) is 19.1 Å². The average Bonchev–Trinajstić information content (AvgIpc) is 2.40. The van der Waals surface area contributed by atoms with Crippen molar-refractivity contribution in [2.75, 3.05) is 25.4 Å². The Labute approximate surface area is 120 Å². The first-order valence-corrected chi connectivity index (χ1v) is 8.86. The lowest BCUT2D eigenvalue weighted by molar-refractivity contribution is -0.121. The van der Waals surface area contributed by atoms with Crippen LogP contribution in [0.2, 0.25) is 0 Å². The number of sulfone groups is 1. The molecule has 1 atom stereocenters. The number of hydrogen-bond acceptors (Lipinski definition) is 5. The number of piperidine rings is 1. The summed E-state index contributed by atoms with van der Waals surface area (Å²) < 4.78 is 23.8. The number of hydrogen-bond donors (Lipinski definition) is 1. The van der Waals surface area contributed by atoms with E-state index in [1.54, 1.807) is 0 Å². The molecule has 2 saturated heterocycles. The van der Waals surface area contributed by atoms with Crippen LogP contribution in [0.1, 0.15) is 32.1 Å². The lowest BCUT2D eigenvalue weighted by Gasteiger charge is -2.32. The Morgan fingerprint density at radius 1 is 1.25 bits per heavy atom. The molecule has 2 aliphatic heterocycles. The van der Waals surface area contributed by atoms with Crippen LogP contribution in [0.5, 0.6) is 0 Å². The second-order valence-corrected chi connectivity index (χ2v) is 7.87. The first kappa shape index (κ1) is 15.3. The van der Waals surface area contributed by atoms with E-state index in [4.69, 9.17) is 5.26 Å². The Morgan fingerprint density at radius 3 is 2.55 bits per heavy atom. The van der Waals surface area contributed by atoms with Gasteiger partial charge in [-0.1, -0.05) is 6.42 Å². The zero-order valence-corrected chi connectivity index (χ0v) is 12.4. The first-order valence-electron chi connectivity index (χ1n) is 7.14. The zero-order valence-electron chi connectivity index (χ0n) is 11.5. The second-order valence-electron chi connectivity index (χ2n) is 5.57. The molecular weight excluding hydrogens is 278 g/mol. The molecule has 20 heavy (non-hydrogen) atoms. The van der Waals surface area contributed by atoms with Gasteiger partial charge in [0.05, 0.1) is 18.4 Å². The van der Waals surface area contributed by atoms with Crippen molar-refractivity contribution in [3.63, 3.8) is 0 Å². The van der Waals surface area contributed by atoms with Crippen LogP contribution < -0.4 is 5.32 Å². The highest BCUT2D eigenvalue weighted by Gasteiger charge is 2.35. The molecule has 2 rings (SSSR count). The fraction of sp³-hybridized carbons (Fsp3) is 0.846. The predicted molar refractivity (Wildman–Crippen MR) is 74.6 cm³/mol. The molecule has 0 saturated carbocycles. The average molecular weight is 299 g/mol. The van der Waals surface area contributed by atoms with Crippen molar-refractivity contribution in [3.8, 4) is 6.07 Å². The van der Waals surface area contributed by atoms with Crippen LogP contribution in [-0.4, -0.2) is 55.9 Å². The highest BCUT2D eigenvalue weighted by Crippen LogP contribution is 2.20. The van der Waals surface area contributed by atoms with E-state index in [-0.39, 0.29) is 17.7 Å². The molecule has 7 heteroatoms. The van der Waals surface area contributed by atoms with Crippen LogP contribution in [-0.2, 0) is 14.6 Å². The van der Waals surface area contributed by atoms with E-state index in [2.05, 4.69) is 11.4 Å². The fourth-order valence-electron chi connectivity index (χ4n) is 2.88. The summed E-state index contributed by atoms with van der Waals surface area (Å²) >= 11 is 0. The molecule has 6 nitrogen and oxygen atoms in total. The number of nitrogens with one attached hydrogen (secondary N) is 1. The maximum absolute atomic E-state index is 12.1. The topological polar surface area (TPSA) is 90.3 Å². The minimum absolute atomic E-state index is 0.0366. The third-order valence-corrected chi connectivity index (χ3v) is 6.27. The van der Waals surface area contributed by atoms with Gasteiger partial charge in [0.15, 0.2) is 9.84 Å². The largest absolute Gasteiger partial charge is 0.352 e. The van der Waals surface area contributed by atoms with Gasteiger partial charge >= 0.3 is 0 Å². The molecule has 0 aromatic heterocycles. The van der Waals surface area contributed by atoms with Gasteiger partial charge in [-0.25, -0.2) is 8.42 Å². The number of likely N-dealkylation sites (tertiary alicyclic amines) is 1. The number of nitriles is 1. The van der Waals surface area contributed by atoms with Gasteiger partial charge in [-0.3, -0.25) is 9.69 Å². The Bertz CT molecular complexity index is 489. The maximum Gasteiger partial charge on any atom is 0.238 e. The molecule has 1 unspecified atom stereocenters. The molecule has 0 aromatic rings. The normalized spacial score (nSPS) is 27.6. The highest BCUT2D eigenvalue weighted by atomic mass is 32.2. The Kier molecular flexibility index (Phi) is 5.00. The molecule has 0 spiro atoms. The SMILES string of the molecule is N#CCN1CCC(NC(=O)C2CCCCS2(=O)=O)CC1. The summed E-state index contributed by atoms with van der Waals surface area (Å²) in [4.78, 5) is 14.2. The summed E-state index contributed by atoms with van der Waals surface area (Å²) in [5.74, 6) is -0.199. The minimum Gasteiger partial charge on any atom is -0.352 e. The lowest BCUT2D eigenvalue weighted by atomic mass is 10.0.